The standard InChI is InChI=1S/C19H18N6O/c1-13(18-23-22-17-10-6-7-11-24(17)18)21-19(26)16-12-20-25(14(16)2)15-8-4-3-5-9-15/h3-13H,1-2H3,(H,21,26)/t13-/m1/s1. The van der Waals surface area contributed by atoms with Crippen LogP contribution >= 0.6 is 0 Å². The Hall–Kier alpha value is -3.48. The Morgan fingerprint density at radius 1 is 1.08 bits per heavy atom. The third-order valence-electron chi connectivity index (χ3n) is 4.33. The molecule has 1 aromatic carbocycles. The van der Waals surface area contributed by atoms with Crippen molar-refractivity contribution < 1.29 is 4.79 Å². The Labute approximate surface area is 150 Å². The van der Waals surface area contributed by atoms with Crippen molar-refractivity contribution in [1.82, 2.24) is 29.7 Å². The number of carbonyl (C=O) groups is 1. The molecule has 0 saturated carbocycles. The Morgan fingerprint density at radius 3 is 2.65 bits per heavy atom. The molecular formula is C19H18N6O. The van der Waals surface area contributed by atoms with Crippen molar-refractivity contribution in [1.29, 1.82) is 0 Å². The second-order valence-electron chi connectivity index (χ2n) is 6.07. The molecule has 26 heavy (non-hydrogen) atoms. The van der Waals surface area contributed by atoms with Gasteiger partial charge in [0.2, 0.25) is 0 Å². The van der Waals surface area contributed by atoms with Crippen molar-refractivity contribution in [2.45, 2.75) is 19.9 Å². The fourth-order valence-electron chi connectivity index (χ4n) is 2.96. The van der Waals surface area contributed by atoms with Crippen molar-refractivity contribution in [2.24, 2.45) is 0 Å². The SMILES string of the molecule is Cc1c(C(=O)N[C@H](C)c2nnc3ccccn23)cnn1-c1ccccc1. The van der Waals surface area contributed by atoms with E-state index in [0.29, 0.717) is 11.4 Å². The minimum absolute atomic E-state index is 0.190. The van der Waals surface area contributed by atoms with Crippen LogP contribution in [0.15, 0.2) is 60.9 Å². The number of para-hydroxylation sites is 1. The maximum absolute atomic E-state index is 12.7. The summed E-state index contributed by atoms with van der Waals surface area (Å²) < 4.78 is 3.62. The average molecular weight is 346 g/mol. The molecule has 4 rings (SSSR count). The molecule has 0 fully saturated rings. The molecule has 0 unspecified atom stereocenters. The largest absolute Gasteiger partial charge is 0.342 e. The van der Waals surface area contributed by atoms with Crippen LogP contribution in [0, 0.1) is 6.92 Å². The minimum atomic E-state index is -0.292. The van der Waals surface area contributed by atoms with Crippen LogP contribution in [-0.4, -0.2) is 30.3 Å². The topological polar surface area (TPSA) is 77.1 Å². The van der Waals surface area contributed by atoms with Crippen molar-refractivity contribution in [2.75, 3.05) is 0 Å². The number of nitrogens with zero attached hydrogens (tertiary/aromatic N) is 5. The van der Waals surface area contributed by atoms with Gasteiger partial charge < -0.3 is 5.32 Å². The van der Waals surface area contributed by atoms with Crippen LogP contribution in [0.4, 0.5) is 0 Å². The highest BCUT2D eigenvalue weighted by Gasteiger charge is 2.20. The number of pyridine rings is 1. The summed E-state index contributed by atoms with van der Waals surface area (Å²) in [7, 11) is 0. The molecule has 130 valence electrons. The summed E-state index contributed by atoms with van der Waals surface area (Å²) in [5, 5.41) is 15.7. The molecule has 4 aromatic rings. The summed E-state index contributed by atoms with van der Waals surface area (Å²) in [6.45, 7) is 3.77. The number of hydrogen-bond donors (Lipinski definition) is 1. The van der Waals surface area contributed by atoms with E-state index in [-0.39, 0.29) is 11.9 Å². The van der Waals surface area contributed by atoms with Crippen molar-refractivity contribution in [3.63, 3.8) is 0 Å². The predicted octanol–water partition coefficient (Wildman–Crippen LogP) is 2.71. The maximum Gasteiger partial charge on any atom is 0.255 e. The Morgan fingerprint density at radius 2 is 1.85 bits per heavy atom. The van der Waals surface area contributed by atoms with Gasteiger partial charge in [0, 0.05) is 6.20 Å². The van der Waals surface area contributed by atoms with Crippen LogP contribution in [0.2, 0.25) is 0 Å². The van der Waals surface area contributed by atoms with Crippen molar-refractivity contribution in [3.8, 4) is 5.69 Å². The van der Waals surface area contributed by atoms with Gasteiger partial charge in [-0.05, 0) is 38.1 Å². The summed E-state index contributed by atoms with van der Waals surface area (Å²) >= 11 is 0. The van der Waals surface area contributed by atoms with Gasteiger partial charge in [-0.15, -0.1) is 10.2 Å². The quantitative estimate of drug-likeness (QED) is 0.616. The molecular weight excluding hydrogens is 328 g/mol. The molecule has 1 amide bonds. The zero-order valence-electron chi connectivity index (χ0n) is 14.5. The summed E-state index contributed by atoms with van der Waals surface area (Å²) in [4.78, 5) is 12.7. The molecule has 1 atom stereocenters. The van der Waals surface area contributed by atoms with Gasteiger partial charge in [-0.3, -0.25) is 9.20 Å². The average Bonchev–Trinajstić information content (AvgIpc) is 3.26. The number of carbonyl (C=O) groups excluding carboxylic acids is 1. The van der Waals surface area contributed by atoms with Crippen LogP contribution < -0.4 is 5.32 Å². The van der Waals surface area contributed by atoms with Crippen molar-refractivity contribution >= 4 is 11.6 Å². The predicted molar refractivity (Wildman–Crippen MR) is 97.2 cm³/mol. The fraction of sp³-hybridized carbons (Fsp3) is 0.158. The monoisotopic (exact) mass is 346 g/mol. The van der Waals surface area contributed by atoms with Gasteiger partial charge in [0.25, 0.3) is 5.91 Å². The van der Waals surface area contributed by atoms with E-state index in [9.17, 15) is 4.79 Å². The first-order valence-corrected chi connectivity index (χ1v) is 8.35. The number of fused-ring (bicyclic) bond motifs is 1. The molecule has 7 nitrogen and oxygen atoms in total. The number of hydrogen-bond acceptors (Lipinski definition) is 4. The smallest absolute Gasteiger partial charge is 0.255 e. The van der Waals surface area contributed by atoms with Crippen molar-refractivity contribution in [3.05, 3.63) is 78.0 Å². The highest BCUT2D eigenvalue weighted by atomic mass is 16.1. The van der Waals surface area contributed by atoms with Crippen LogP contribution in [-0.2, 0) is 0 Å². The molecule has 0 aliphatic heterocycles. The van der Waals surface area contributed by atoms with Gasteiger partial charge >= 0.3 is 0 Å². The molecule has 3 aromatic heterocycles. The lowest BCUT2D eigenvalue weighted by Gasteiger charge is -2.12. The zero-order chi connectivity index (χ0) is 18.1. The second-order valence-corrected chi connectivity index (χ2v) is 6.07. The molecule has 0 aliphatic carbocycles. The summed E-state index contributed by atoms with van der Waals surface area (Å²) in [5.41, 5.74) is 2.98. The normalized spacial score (nSPS) is 12.2. The highest BCUT2D eigenvalue weighted by molar-refractivity contribution is 5.95. The Kier molecular flexibility index (Phi) is 3.96. The van der Waals surface area contributed by atoms with Gasteiger partial charge in [0.05, 0.1) is 29.2 Å². The summed E-state index contributed by atoms with van der Waals surface area (Å²) in [6, 6.07) is 15.1. The zero-order valence-corrected chi connectivity index (χ0v) is 14.5. The van der Waals surface area contributed by atoms with E-state index in [0.717, 1.165) is 17.0 Å². The van der Waals surface area contributed by atoms with Crippen LogP contribution in [0.5, 0.6) is 0 Å². The molecule has 1 N–H and O–H groups in total. The minimum Gasteiger partial charge on any atom is -0.342 e. The lowest BCUT2D eigenvalue weighted by Crippen LogP contribution is -2.28. The molecule has 7 heteroatoms. The van der Waals surface area contributed by atoms with E-state index < -0.39 is 0 Å². The van der Waals surface area contributed by atoms with Crippen LogP contribution in [0.1, 0.15) is 34.8 Å². The first-order chi connectivity index (χ1) is 12.6. The highest BCUT2D eigenvalue weighted by Crippen LogP contribution is 2.16. The van der Waals surface area contributed by atoms with Gasteiger partial charge in [0.1, 0.15) is 0 Å². The van der Waals surface area contributed by atoms with E-state index >= 15 is 0 Å². The molecule has 0 spiro atoms. The lowest BCUT2D eigenvalue weighted by atomic mass is 10.2. The Bertz CT molecular complexity index is 1070. The van der Waals surface area contributed by atoms with Crippen LogP contribution in [0.3, 0.4) is 0 Å². The number of nitrogens with one attached hydrogen (secondary N) is 1. The number of amides is 1. The molecule has 0 saturated heterocycles. The van der Waals surface area contributed by atoms with Gasteiger partial charge in [-0.1, -0.05) is 24.3 Å². The van der Waals surface area contributed by atoms with Gasteiger partial charge in [-0.2, -0.15) is 5.10 Å². The van der Waals surface area contributed by atoms with E-state index in [1.54, 1.807) is 10.9 Å². The lowest BCUT2D eigenvalue weighted by molar-refractivity contribution is 0.0937. The van der Waals surface area contributed by atoms with Gasteiger partial charge in [-0.25, -0.2) is 4.68 Å². The van der Waals surface area contributed by atoms with Gasteiger partial charge in [0.15, 0.2) is 11.5 Å². The second kappa shape index (κ2) is 6.44. The van der Waals surface area contributed by atoms with E-state index in [4.69, 9.17) is 0 Å². The molecule has 0 aliphatic rings. The fourth-order valence-corrected chi connectivity index (χ4v) is 2.96. The summed E-state index contributed by atoms with van der Waals surface area (Å²) in [5.74, 6) is 0.493. The third-order valence-corrected chi connectivity index (χ3v) is 4.33. The number of rotatable bonds is 4. The maximum atomic E-state index is 12.7. The van der Waals surface area contributed by atoms with Crippen LogP contribution in [0.25, 0.3) is 11.3 Å². The van der Waals surface area contributed by atoms with E-state index in [2.05, 4.69) is 20.6 Å². The molecule has 0 radical (unpaired) electrons. The summed E-state index contributed by atoms with van der Waals surface area (Å²) in [6.07, 6.45) is 3.47. The number of benzene rings is 1. The third kappa shape index (κ3) is 2.73. The number of aromatic nitrogens is 5. The Balaban J connectivity index is 1.58. The molecule has 3 heterocycles. The first kappa shape index (κ1) is 16.0. The van der Waals surface area contributed by atoms with E-state index in [1.807, 2.05) is 73.0 Å². The first-order valence-electron chi connectivity index (χ1n) is 8.35. The van der Waals surface area contributed by atoms with E-state index in [1.165, 1.54) is 0 Å². The molecule has 0 bridgehead atoms.